The smallest absolute Gasteiger partial charge is 0.255 e. The van der Waals surface area contributed by atoms with Crippen molar-refractivity contribution in [3.63, 3.8) is 0 Å². The Hall–Kier alpha value is -2.73. The summed E-state index contributed by atoms with van der Waals surface area (Å²) in [5, 5.41) is 2.88. The molecule has 2 aromatic rings. The number of hydrogen-bond acceptors (Lipinski definition) is 4. The van der Waals surface area contributed by atoms with Crippen molar-refractivity contribution in [3.8, 4) is 0 Å². The number of nitrogens with one attached hydrogen (secondary N) is 1. The van der Waals surface area contributed by atoms with Crippen molar-refractivity contribution >= 4 is 11.8 Å². The molecule has 0 unspecified atom stereocenters. The number of aromatic nitrogens is 1. The van der Waals surface area contributed by atoms with Crippen molar-refractivity contribution in [2.45, 2.75) is 32.9 Å². The van der Waals surface area contributed by atoms with E-state index in [1.54, 1.807) is 11.0 Å². The largest absolute Gasteiger partial charge is 0.352 e. The fourth-order valence-electron chi connectivity index (χ4n) is 2.82. The maximum Gasteiger partial charge on any atom is 0.255 e. The second kappa shape index (κ2) is 10.6. The number of hydrogen-bond donors (Lipinski definition) is 1. The van der Waals surface area contributed by atoms with Gasteiger partial charge in [-0.3, -0.25) is 14.6 Å². The van der Waals surface area contributed by atoms with Crippen LogP contribution in [0.5, 0.6) is 0 Å². The molecule has 0 fully saturated rings. The Kier molecular flexibility index (Phi) is 8.14. The minimum atomic E-state index is -0.208. The van der Waals surface area contributed by atoms with E-state index in [-0.39, 0.29) is 17.9 Å². The summed E-state index contributed by atoms with van der Waals surface area (Å²) >= 11 is 0. The molecule has 0 saturated heterocycles. The van der Waals surface area contributed by atoms with Crippen molar-refractivity contribution in [1.82, 2.24) is 20.1 Å². The molecule has 6 nitrogen and oxygen atoms in total. The summed E-state index contributed by atoms with van der Waals surface area (Å²) in [5.74, 6) is -0.339. The van der Waals surface area contributed by atoms with Gasteiger partial charge in [0.15, 0.2) is 0 Å². The van der Waals surface area contributed by atoms with Gasteiger partial charge in [-0.05, 0) is 52.5 Å². The van der Waals surface area contributed by atoms with Gasteiger partial charge in [0.1, 0.15) is 0 Å². The molecule has 0 radical (unpaired) electrons. The van der Waals surface area contributed by atoms with Gasteiger partial charge in [0.2, 0.25) is 0 Å². The van der Waals surface area contributed by atoms with Crippen LogP contribution in [0.2, 0.25) is 0 Å². The van der Waals surface area contributed by atoms with E-state index in [1.807, 2.05) is 58.3 Å². The maximum atomic E-state index is 13.0. The zero-order chi connectivity index (χ0) is 20.5. The van der Waals surface area contributed by atoms with E-state index < -0.39 is 0 Å². The SMILES string of the molecule is CC(C)N(Cc1ccccc1)C(=O)c1cncc(C(=O)NCCCN(C)C)c1. The zero-order valence-corrected chi connectivity index (χ0v) is 17.2. The minimum absolute atomic E-state index is 0.0243. The summed E-state index contributed by atoms with van der Waals surface area (Å²) in [6.07, 6.45) is 3.88. The molecule has 28 heavy (non-hydrogen) atoms. The Balaban J connectivity index is 2.07. The van der Waals surface area contributed by atoms with Gasteiger partial charge in [-0.15, -0.1) is 0 Å². The van der Waals surface area contributed by atoms with E-state index in [2.05, 4.69) is 15.2 Å². The molecule has 2 rings (SSSR count). The van der Waals surface area contributed by atoms with E-state index in [0.717, 1.165) is 18.5 Å². The summed E-state index contributed by atoms with van der Waals surface area (Å²) in [4.78, 5) is 33.4. The van der Waals surface area contributed by atoms with Gasteiger partial charge in [0.25, 0.3) is 11.8 Å². The Morgan fingerprint density at radius 1 is 1.07 bits per heavy atom. The highest BCUT2D eigenvalue weighted by Crippen LogP contribution is 2.14. The molecule has 1 aromatic carbocycles. The Bertz CT molecular complexity index is 775. The molecule has 0 bridgehead atoms. The lowest BCUT2D eigenvalue weighted by Crippen LogP contribution is -2.36. The van der Waals surface area contributed by atoms with Gasteiger partial charge >= 0.3 is 0 Å². The van der Waals surface area contributed by atoms with Crippen LogP contribution in [0.3, 0.4) is 0 Å². The summed E-state index contributed by atoms with van der Waals surface area (Å²) in [6, 6.07) is 11.5. The lowest BCUT2D eigenvalue weighted by atomic mass is 10.1. The van der Waals surface area contributed by atoms with Crippen LogP contribution >= 0.6 is 0 Å². The van der Waals surface area contributed by atoms with Crippen LogP contribution in [0.25, 0.3) is 0 Å². The van der Waals surface area contributed by atoms with Gasteiger partial charge in [0.05, 0.1) is 11.1 Å². The van der Waals surface area contributed by atoms with Gasteiger partial charge < -0.3 is 15.1 Å². The molecule has 0 saturated carbocycles. The van der Waals surface area contributed by atoms with Gasteiger partial charge in [-0.2, -0.15) is 0 Å². The first-order chi connectivity index (χ1) is 13.4. The van der Waals surface area contributed by atoms with Crippen molar-refractivity contribution in [3.05, 3.63) is 65.5 Å². The number of pyridine rings is 1. The molecule has 0 atom stereocenters. The van der Waals surface area contributed by atoms with Crippen LogP contribution in [0.1, 0.15) is 46.5 Å². The summed E-state index contributed by atoms with van der Waals surface area (Å²) in [7, 11) is 3.99. The number of carbonyl (C=O) groups is 2. The van der Waals surface area contributed by atoms with Crippen LogP contribution in [-0.4, -0.2) is 59.8 Å². The van der Waals surface area contributed by atoms with Gasteiger partial charge in [0, 0.05) is 31.5 Å². The highest BCUT2D eigenvalue weighted by molar-refractivity contribution is 5.99. The van der Waals surface area contributed by atoms with Crippen LogP contribution in [0.4, 0.5) is 0 Å². The third kappa shape index (κ3) is 6.46. The molecular weight excluding hydrogens is 352 g/mol. The second-order valence-corrected chi connectivity index (χ2v) is 7.39. The number of amides is 2. The summed E-state index contributed by atoms with van der Waals surface area (Å²) < 4.78 is 0. The first-order valence-corrected chi connectivity index (χ1v) is 9.61. The average Bonchev–Trinajstić information content (AvgIpc) is 2.69. The molecular formula is C22H30N4O2. The predicted molar refractivity (Wildman–Crippen MR) is 111 cm³/mol. The fourth-order valence-corrected chi connectivity index (χ4v) is 2.82. The van der Waals surface area contributed by atoms with Gasteiger partial charge in [-0.25, -0.2) is 0 Å². The monoisotopic (exact) mass is 382 g/mol. The predicted octanol–water partition coefficient (Wildman–Crippen LogP) is 2.81. The van der Waals surface area contributed by atoms with Gasteiger partial charge in [-0.1, -0.05) is 30.3 Å². The van der Waals surface area contributed by atoms with Crippen molar-refractivity contribution in [2.24, 2.45) is 0 Å². The molecule has 0 aliphatic carbocycles. The molecule has 2 amide bonds. The number of rotatable bonds is 9. The van der Waals surface area contributed by atoms with E-state index >= 15 is 0 Å². The number of nitrogens with zero attached hydrogens (tertiary/aromatic N) is 3. The molecule has 0 spiro atoms. The highest BCUT2D eigenvalue weighted by Gasteiger charge is 2.20. The normalized spacial score (nSPS) is 10.9. The minimum Gasteiger partial charge on any atom is -0.352 e. The molecule has 1 aromatic heterocycles. The Morgan fingerprint density at radius 3 is 2.39 bits per heavy atom. The standard InChI is InChI=1S/C22H30N4O2/c1-17(2)26(16-18-9-6-5-7-10-18)22(28)20-13-19(14-23-15-20)21(27)24-11-8-12-25(3)4/h5-7,9-10,13-15,17H,8,11-12,16H2,1-4H3,(H,24,27). The van der Waals surface area contributed by atoms with Crippen molar-refractivity contribution in [2.75, 3.05) is 27.2 Å². The first-order valence-electron chi connectivity index (χ1n) is 9.61. The molecule has 0 aliphatic heterocycles. The van der Waals surface area contributed by atoms with Crippen LogP contribution in [0, 0.1) is 0 Å². The molecule has 0 aliphatic rings. The Morgan fingerprint density at radius 2 is 1.75 bits per heavy atom. The Labute approximate surface area is 167 Å². The van der Waals surface area contributed by atoms with Crippen LogP contribution in [0.15, 0.2) is 48.8 Å². The van der Waals surface area contributed by atoms with E-state index in [4.69, 9.17) is 0 Å². The molecule has 1 N–H and O–H groups in total. The summed E-state index contributed by atoms with van der Waals surface area (Å²) in [5.41, 5.74) is 1.89. The number of benzene rings is 1. The van der Waals surface area contributed by atoms with E-state index in [0.29, 0.717) is 24.2 Å². The lowest BCUT2D eigenvalue weighted by molar-refractivity contribution is 0.0690. The number of carbonyl (C=O) groups excluding carboxylic acids is 2. The second-order valence-electron chi connectivity index (χ2n) is 7.39. The molecule has 1 heterocycles. The van der Waals surface area contributed by atoms with Crippen LogP contribution < -0.4 is 5.32 Å². The quantitative estimate of drug-likeness (QED) is 0.678. The lowest BCUT2D eigenvalue weighted by Gasteiger charge is -2.27. The third-order valence-electron chi connectivity index (χ3n) is 4.39. The third-order valence-corrected chi connectivity index (χ3v) is 4.39. The first kappa shape index (κ1) is 21.6. The zero-order valence-electron chi connectivity index (χ0n) is 17.2. The average molecular weight is 383 g/mol. The topological polar surface area (TPSA) is 65.5 Å². The van der Waals surface area contributed by atoms with Crippen molar-refractivity contribution < 1.29 is 9.59 Å². The highest BCUT2D eigenvalue weighted by atomic mass is 16.2. The summed E-state index contributed by atoms with van der Waals surface area (Å²) in [6.45, 7) is 5.96. The van der Waals surface area contributed by atoms with E-state index in [9.17, 15) is 9.59 Å². The maximum absolute atomic E-state index is 13.0. The van der Waals surface area contributed by atoms with E-state index in [1.165, 1.54) is 12.4 Å². The molecule has 6 heteroatoms. The fraction of sp³-hybridized carbons (Fsp3) is 0.409. The van der Waals surface area contributed by atoms with Crippen molar-refractivity contribution in [1.29, 1.82) is 0 Å². The molecule has 150 valence electrons. The van der Waals surface area contributed by atoms with Crippen LogP contribution in [-0.2, 0) is 6.54 Å².